The second-order valence-electron chi connectivity index (χ2n) is 4.45. The molecule has 2 N–H and O–H groups in total. The summed E-state index contributed by atoms with van der Waals surface area (Å²) in [7, 11) is 0. The minimum absolute atomic E-state index is 0.124. The molecule has 0 radical (unpaired) electrons. The van der Waals surface area contributed by atoms with Gasteiger partial charge in [-0.3, -0.25) is 0 Å². The molecule has 0 heterocycles. The number of halogens is 1. The van der Waals surface area contributed by atoms with Crippen molar-refractivity contribution in [3.05, 3.63) is 28.8 Å². The molecule has 1 aromatic carbocycles. The summed E-state index contributed by atoms with van der Waals surface area (Å²) in [5.74, 6) is 0. The first-order valence-electron chi connectivity index (χ1n) is 6.43. The molecule has 0 bridgehead atoms. The van der Waals surface area contributed by atoms with Crippen LogP contribution in [0.2, 0.25) is 5.02 Å². The van der Waals surface area contributed by atoms with Gasteiger partial charge in [0.2, 0.25) is 0 Å². The van der Waals surface area contributed by atoms with Crippen molar-refractivity contribution in [3.8, 4) is 0 Å². The number of rotatable bonds is 7. The van der Waals surface area contributed by atoms with Crippen LogP contribution in [0.5, 0.6) is 0 Å². The molecule has 102 valence electrons. The van der Waals surface area contributed by atoms with Crippen molar-refractivity contribution in [2.24, 2.45) is 0 Å². The zero-order valence-corrected chi connectivity index (χ0v) is 11.8. The highest BCUT2D eigenvalue weighted by molar-refractivity contribution is 6.31. The monoisotopic (exact) mass is 271 g/mol. The topological polar surface area (TPSA) is 43.7 Å². The number of aliphatic hydroxyl groups excluding tert-OH is 2. The van der Waals surface area contributed by atoms with Crippen LogP contribution in [0, 0.1) is 0 Å². The van der Waals surface area contributed by atoms with E-state index in [1.165, 1.54) is 0 Å². The molecule has 0 saturated heterocycles. The van der Waals surface area contributed by atoms with Crippen LogP contribution in [0.15, 0.2) is 18.2 Å². The SMILES string of the molecule is CCCCN(CCO)c1ccc(C(C)O)c(Cl)c1. The van der Waals surface area contributed by atoms with Crippen LogP contribution in [0.1, 0.15) is 38.4 Å². The lowest BCUT2D eigenvalue weighted by atomic mass is 10.1. The van der Waals surface area contributed by atoms with E-state index in [0.717, 1.165) is 30.6 Å². The zero-order valence-electron chi connectivity index (χ0n) is 11.1. The molecule has 0 fully saturated rings. The molecule has 0 aliphatic carbocycles. The third kappa shape index (κ3) is 4.16. The minimum atomic E-state index is -0.562. The molecule has 0 spiro atoms. The number of unbranched alkanes of at least 4 members (excludes halogenated alkanes) is 1. The highest BCUT2D eigenvalue weighted by Gasteiger charge is 2.10. The van der Waals surface area contributed by atoms with Crippen LogP contribution in [0.25, 0.3) is 0 Å². The molecular formula is C14H22ClNO2. The van der Waals surface area contributed by atoms with Gasteiger partial charge in [0.05, 0.1) is 12.7 Å². The third-order valence-electron chi connectivity index (χ3n) is 2.95. The van der Waals surface area contributed by atoms with E-state index < -0.39 is 6.10 Å². The van der Waals surface area contributed by atoms with E-state index in [4.69, 9.17) is 16.7 Å². The maximum Gasteiger partial charge on any atom is 0.0776 e. The number of benzene rings is 1. The first kappa shape index (κ1) is 15.3. The predicted molar refractivity (Wildman–Crippen MR) is 76.3 cm³/mol. The van der Waals surface area contributed by atoms with E-state index >= 15 is 0 Å². The van der Waals surface area contributed by atoms with Crippen LogP contribution < -0.4 is 4.90 Å². The maximum absolute atomic E-state index is 9.54. The highest BCUT2D eigenvalue weighted by Crippen LogP contribution is 2.28. The molecule has 0 amide bonds. The molecule has 1 atom stereocenters. The van der Waals surface area contributed by atoms with Crippen LogP contribution >= 0.6 is 11.6 Å². The van der Waals surface area contributed by atoms with Gasteiger partial charge in [-0.15, -0.1) is 0 Å². The lowest BCUT2D eigenvalue weighted by Crippen LogP contribution is -2.27. The van der Waals surface area contributed by atoms with E-state index in [2.05, 4.69) is 11.8 Å². The number of anilines is 1. The highest BCUT2D eigenvalue weighted by atomic mass is 35.5. The number of hydrogen-bond donors (Lipinski definition) is 2. The Morgan fingerprint density at radius 2 is 2.06 bits per heavy atom. The van der Waals surface area contributed by atoms with Crippen molar-refractivity contribution in [2.75, 3.05) is 24.6 Å². The van der Waals surface area contributed by atoms with E-state index in [1.807, 2.05) is 18.2 Å². The average molecular weight is 272 g/mol. The molecule has 1 unspecified atom stereocenters. The van der Waals surface area contributed by atoms with Crippen molar-refractivity contribution in [2.45, 2.75) is 32.8 Å². The fourth-order valence-corrected chi connectivity index (χ4v) is 2.22. The first-order chi connectivity index (χ1) is 8.60. The van der Waals surface area contributed by atoms with Gasteiger partial charge in [0.1, 0.15) is 0 Å². The van der Waals surface area contributed by atoms with Crippen molar-refractivity contribution in [1.82, 2.24) is 0 Å². The molecule has 18 heavy (non-hydrogen) atoms. The lowest BCUT2D eigenvalue weighted by Gasteiger charge is -2.24. The Labute approximate surface area is 114 Å². The van der Waals surface area contributed by atoms with Gasteiger partial charge >= 0.3 is 0 Å². The first-order valence-corrected chi connectivity index (χ1v) is 6.81. The summed E-state index contributed by atoms with van der Waals surface area (Å²) in [6.45, 7) is 5.47. The summed E-state index contributed by atoms with van der Waals surface area (Å²) < 4.78 is 0. The summed E-state index contributed by atoms with van der Waals surface area (Å²) in [6, 6.07) is 5.65. The second kappa shape index (κ2) is 7.62. The summed E-state index contributed by atoms with van der Waals surface area (Å²) in [5, 5.41) is 19.2. The Morgan fingerprint density at radius 1 is 1.33 bits per heavy atom. The van der Waals surface area contributed by atoms with E-state index in [1.54, 1.807) is 6.92 Å². The average Bonchev–Trinajstić information content (AvgIpc) is 2.33. The molecule has 0 aliphatic rings. The minimum Gasteiger partial charge on any atom is -0.395 e. The third-order valence-corrected chi connectivity index (χ3v) is 3.28. The Kier molecular flexibility index (Phi) is 6.47. The summed E-state index contributed by atoms with van der Waals surface area (Å²) in [6.07, 6.45) is 1.63. The Morgan fingerprint density at radius 3 is 2.56 bits per heavy atom. The Balaban J connectivity index is 2.88. The normalized spacial score (nSPS) is 12.5. The van der Waals surface area contributed by atoms with Gasteiger partial charge in [-0.25, -0.2) is 0 Å². The maximum atomic E-state index is 9.54. The van der Waals surface area contributed by atoms with Crippen molar-refractivity contribution in [3.63, 3.8) is 0 Å². The van der Waals surface area contributed by atoms with Crippen molar-refractivity contribution in [1.29, 1.82) is 0 Å². The molecule has 0 saturated carbocycles. The molecule has 1 aromatic rings. The molecule has 3 nitrogen and oxygen atoms in total. The van der Waals surface area contributed by atoms with Crippen LogP contribution in [-0.2, 0) is 0 Å². The van der Waals surface area contributed by atoms with E-state index in [0.29, 0.717) is 11.6 Å². The fraction of sp³-hybridized carbons (Fsp3) is 0.571. The van der Waals surface area contributed by atoms with Gasteiger partial charge in [-0.1, -0.05) is 31.0 Å². The Bertz CT molecular complexity index is 369. The molecule has 0 aromatic heterocycles. The second-order valence-corrected chi connectivity index (χ2v) is 4.85. The predicted octanol–water partition coefficient (Wildman–Crippen LogP) is 2.99. The number of nitrogens with zero attached hydrogens (tertiary/aromatic N) is 1. The quantitative estimate of drug-likeness (QED) is 0.801. The van der Waals surface area contributed by atoms with E-state index in [-0.39, 0.29) is 6.61 Å². The van der Waals surface area contributed by atoms with Gasteiger partial charge < -0.3 is 15.1 Å². The largest absolute Gasteiger partial charge is 0.395 e. The molecule has 4 heteroatoms. The summed E-state index contributed by atoms with van der Waals surface area (Å²) in [5.41, 5.74) is 1.73. The van der Waals surface area contributed by atoms with Crippen molar-refractivity contribution >= 4 is 17.3 Å². The summed E-state index contributed by atoms with van der Waals surface area (Å²) in [4.78, 5) is 2.11. The Hall–Kier alpha value is -0.770. The van der Waals surface area contributed by atoms with Gasteiger partial charge in [-0.05, 0) is 31.0 Å². The smallest absolute Gasteiger partial charge is 0.0776 e. The summed E-state index contributed by atoms with van der Waals surface area (Å²) >= 11 is 6.15. The van der Waals surface area contributed by atoms with Gasteiger partial charge in [0.15, 0.2) is 0 Å². The molecule has 1 rings (SSSR count). The van der Waals surface area contributed by atoms with Crippen LogP contribution in [0.4, 0.5) is 5.69 Å². The van der Waals surface area contributed by atoms with Crippen LogP contribution in [-0.4, -0.2) is 29.9 Å². The standard InChI is InChI=1S/C14H22ClNO2/c1-3-4-7-16(8-9-17)12-5-6-13(11(2)18)14(15)10-12/h5-6,10-11,17-18H,3-4,7-9H2,1-2H3. The van der Waals surface area contributed by atoms with E-state index in [9.17, 15) is 5.11 Å². The zero-order chi connectivity index (χ0) is 13.5. The van der Waals surface area contributed by atoms with Gasteiger partial charge in [0, 0.05) is 23.8 Å². The van der Waals surface area contributed by atoms with Gasteiger partial charge in [0.25, 0.3) is 0 Å². The lowest BCUT2D eigenvalue weighted by molar-refractivity contribution is 0.199. The van der Waals surface area contributed by atoms with Crippen molar-refractivity contribution < 1.29 is 10.2 Å². The number of aliphatic hydroxyl groups is 2. The van der Waals surface area contributed by atoms with Gasteiger partial charge in [-0.2, -0.15) is 0 Å². The van der Waals surface area contributed by atoms with Crippen LogP contribution in [0.3, 0.4) is 0 Å². The number of hydrogen-bond acceptors (Lipinski definition) is 3. The molecular weight excluding hydrogens is 250 g/mol. The molecule has 0 aliphatic heterocycles. The fourth-order valence-electron chi connectivity index (χ4n) is 1.89.